The SMILES string of the molecule is Cc1ccc(N)c(S(=O)(=O)Cc2ccccc2Cl)c1. The zero-order valence-electron chi connectivity index (χ0n) is 10.4. The van der Waals surface area contributed by atoms with Crippen molar-refractivity contribution in [3.8, 4) is 0 Å². The summed E-state index contributed by atoms with van der Waals surface area (Å²) in [6, 6.07) is 11.9. The highest BCUT2D eigenvalue weighted by atomic mass is 35.5. The number of rotatable bonds is 3. The third-order valence-corrected chi connectivity index (χ3v) is 4.89. The molecule has 0 atom stereocenters. The molecule has 0 bridgehead atoms. The Morgan fingerprint density at radius 2 is 1.84 bits per heavy atom. The van der Waals surface area contributed by atoms with Crippen molar-refractivity contribution in [2.24, 2.45) is 0 Å². The highest BCUT2D eigenvalue weighted by Crippen LogP contribution is 2.26. The van der Waals surface area contributed by atoms with Gasteiger partial charge in [0, 0.05) is 5.02 Å². The van der Waals surface area contributed by atoms with Crippen molar-refractivity contribution in [2.75, 3.05) is 5.73 Å². The van der Waals surface area contributed by atoms with Crippen molar-refractivity contribution in [2.45, 2.75) is 17.6 Å². The predicted molar refractivity (Wildman–Crippen MR) is 77.9 cm³/mol. The van der Waals surface area contributed by atoms with Crippen LogP contribution in [-0.4, -0.2) is 8.42 Å². The van der Waals surface area contributed by atoms with Gasteiger partial charge in [0.15, 0.2) is 9.84 Å². The van der Waals surface area contributed by atoms with E-state index in [1.165, 1.54) is 0 Å². The maximum Gasteiger partial charge on any atom is 0.184 e. The van der Waals surface area contributed by atoms with Gasteiger partial charge in [-0.2, -0.15) is 0 Å². The van der Waals surface area contributed by atoms with Gasteiger partial charge in [-0.15, -0.1) is 0 Å². The Labute approximate surface area is 117 Å². The lowest BCUT2D eigenvalue weighted by molar-refractivity contribution is 0.595. The molecule has 19 heavy (non-hydrogen) atoms. The average Bonchev–Trinajstić information content (AvgIpc) is 2.35. The molecule has 2 aromatic rings. The van der Waals surface area contributed by atoms with Gasteiger partial charge < -0.3 is 5.73 Å². The second-order valence-corrected chi connectivity index (χ2v) is 6.76. The molecule has 0 aliphatic rings. The van der Waals surface area contributed by atoms with E-state index >= 15 is 0 Å². The summed E-state index contributed by atoms with van der Waals surface area (Å²) in [7, 11) is -3.50. The molecule has 0 amide bonds. The Morgan fingerprint density at radius 3 is 2.53 bits per heavy atom. The summed E-state index contributed by atoms with van der Waals surface area (Å²) in [5.41, 5.74) is 7.44. The topological polar surface area (TPSA) is 60.2 Å². The summed E-state index contributed by atoms with van der Waals surface area (Å²) >= 11 is 5.99. The summed E-state index contributed by atoms with van der Waals surface area (Å²) in [6.07, 6.45) is 0. The Balaban J connectivity index is 2.44. The van der Waals surface area contributed by atoms with Gasteiger partial charge >= 0.3 is 0 Å². The fraction of sp³-hybridized carbons (Fsp3) is 0.143. The van der Waals surface area contributed by atoms with Crippen molar-refractivity contribution in [3.05, 3.63) is 58.6 Å². The van der Waals surface area contributed by atoms with E-state index in [1.54, 1.807) is 42.5 Å². The molecule has 0 fully saturated rings. The van der Waals surface area contributed by atoms with E-state index in [1.807, 2.05) is 6.92 Å². The lowest BCUT2D eigenvalue weighted by atomic mass is 10.2. The van der Waals surface area contributed by atoms with Gasteiger partial charge in [0.25, 0.3) is 0 Å². The van der Waals surface area contributed by atoms with Gasteiger partial charge in [0.2, 0.25) is 0 Å². The van der Waals surface area contributed by atoms with Crippen molar-refractivity contribution in [1.82, 2.24) is 0 Å². The van der Waals surface area contributed by atoms with Crippen LogP contribution >= 0.6 is 11.6 Å². The molecule has 3 nitrogen and oxygen atoms in total. The smallest absolute Gasteiger partial charge is 0.184 e. The van der Waals surface area contributed by atoms with E-state index in [2.05, 4.69) is 0 Å². The quantitative estimate of drug-likeness (QED) is 0.885. The molecule has 0 radical (unpaired) electrons. The second kappa shape index (κ2) is 5.23. The molecule has 2 rings (SSSR count). The first kappa shape index (κ1) is 13.9. The van der Waals surface area contributed by atoms with Crippen LogP contribution in [0.3, 0.4) is 0 Å². The van der Waals surface area contributed by atoms with Crippen molar-refractivity contribution >= 4 is 27.1 Å². The highest BCUT2D eigenvalue weighted by Gasteiger charge is 2.19. The highest BCUT2D eigenvalue weighted by molar-refractivity contribution is 7.90. The molecule has 0 spiro atoms. The molecule has 0 heterocycles. The second-order valence-electron chi connectivity index (χ2n) is 4.39. The van der Waals surface area contributed by atoms with Crippen LogP contribution in [0.5, 0.6) is 0 Å². The van der Waals surface area contributed by atoms with Crippen molar-refractivity contribution < 1.29 is 8.42 Å². The van der Waals surface area contributed by atoms with E-state index in [9.17, 15) is 8.42 Å². The average molecular weight is 296 g/mol. The van der Waals surface area contributed by atoms with Crippen LogP contribution in [0.2, 0.25) is 5.02 Å². The molecule has 2 N–H and O–H groups in total. The Hall–Kier alpha value is -1.52. The lowest BCUT2D eigenvalue weighted by Gasteiger charge is -2.09. The monoisotopic (exact) mass is 295 g/mol. The summed E-state index contributed by atoms with van der Waals surface area (Å²) < 4.78 is 24.8. The van der Waals surface area contributed by atoms with Gasteiger partial charge in [-0.05, 0) is 36.2 Å². The summed E-state index contributed by atoms with van der Waals surface area (Å²) in [5.74, 6) is -0.152. The number of hydrogen-bond acceptors (Lipinski definition) is 3. The number of aryl methyl sites for hydroxylation is 1. The molecular formula is C14H14ClNO2S. The fourth-order valence-electron chi connectivity index (χ4n) is 1.81. The third-order valence-electron chi connectivity index (χ3n) is 2.81. The Kier molecular flexibility index (Phi) is 3.83. The minimum absolute atomic E-state index is 0.152. The minimum Gasteiger partial charge on any atom is -0.398 e. The first-order valence-electron chi connectivity index (χ1n) is 5.72. The van der Waals surface area contributed by atoms with Crippen LogP contribution in [-0.2, 0) is 15.6 Å². The lowest BCUT2D eigenvalue weighted by Crippen LogP contribution is -2.08. The molecule has 0 aromatic heterocycles. The number of hydrogen-bond donors (Lipinski definition) is 1. The molecule has 0 aliphatic carbocycles. The Morgan fingerprint density at radius 1 is 1.16 bits per heavy atom. The largest absolute Gasteiger partial charge is 0.398 e. The van der Waals surface area contributed by atoms with Crippen LogP contribution in [0.25, 0.3) is 0 Å². The minimum atomic E-state index is -3.50. The summed E-state index contributed by atoms with van der Waals surface area (Å²) in [6.45, 7) is 1.83. The van der Waals surface area contributed by atoms with E-state index < -0.39 is 9.84 Å². The number of halogens is 1. The zero-order chi connectivity index (χ0) is 14.0. The van der Waals surface area contributed by atoms with E-state index in [-0.39, 0.29) is 16.3 Å². The predicted octanol–water partition coefficient (Wildman–Crippen LogP) is 3.20. The van der Waals surface area contributed by atoms with Crippen molar-refractivity contribution in [3.63, 3.8) is 0 Å². The van der Waals surface area contributed by atoms with E-state index in [0.29, 0.717) is 10.6 Å². The van der Waals surface area contributed by atoms with Gasteiger partial charge in [-0.3, -0.25) is 0 Å². The van der Waals surface area contributed by atoms with Crippen molar-refractivity contribution in [1.29, 1.82) is 0 Å². The van der Waals surface area contributed by atoms with E-state index in [0.717, 1.165) is 5.56 Å². The molecule has 0 saturated carbocycles. The molecule has 5 heteroatoms. The standard InChI is InChI=1S/C14H14ClNO2S/c1-10-6-7-13(16)14(8-10)19(17,18)9-11-4-2-3-5-12(11)15/h2-8H,9,16H2,1H3. The zero-order valence-corrected chi connectivity index (χ0v) is 12.0. The van der Waals surface area contributed by atoms with Gasteiger partial charge in [0.05, 0.1) is 16.3 Å². The molecular weight excluding hydrogens is 282 g/mol. The number of sulfone groups is 1. The van der Waals surface area contributed by atoms with Crippen LogP contribution in [0.1, 0.15) is 11.1 Å². The summed E-state index contributed by atoms with van der Waals surface area (Å²) in [4.78, 5) is 0.160. The first-order valence-corrected chi connectivity index (χ1v) is 7.75. The number of benzene rings is 2. The maximum atomic E-state index is 12.4. The number of anilines is 1. The Bertz CT molecular complexity index is 711. The number of nitrogens with two attached hydrogens (primary N) is 1. The molecule has 2 aromatic carbocycles. The van der Waals surface area contributed by atoms with E-state index in [4.69, 9.17) is 17.3 Å². The third kappa shape index (κ3) is 3.08. The number of nitrogen functional groups attached to an aromatic ring is 1. The van der Waals surface area contributed by atoms with Crippen LogP contribution in [0.15, 0.2) is 47.4 Å². The normalized spacial score (nSPS) is 11.5. The summed E-state index contributed by atoms with van der Waals surface area (Å²) in [5, 5.41) is 0.442. The van der Waals surface area contributed by atoms with Crippen LogP contribution in [0, 0.1) is 6.92 Å². The fourth-order valence-corrected chi connectivity index (χ4v) is 3.70. The maximum absolute atomic E-state index is 12.4. The van der Waals surface area contributed by atoms with Gasteiger partial charge in [0.1, 0.15) is 0 Å². The van der Waals surface area contributed by atoms with Gasteiger partial charge in [-0.1, -0.05) is 35.9 Å². The molecule has 0 saturated heterocycles. The molecule has 0 unspecified atom stereocenters. The molecule has 100 valence electrons. The van der Waals surface area contributed by atoms with Crippen LogP contribution in [0.4, 0.5) is 5.69 Å². The molecule has 0 aliphatic heterocycles. The first-order chi connectivity index (χ1) is 8.90. The van der Waals surface area contributed by atoms with Gasteiger partial charge in [-0.25, -0.2) is 8.42 Å². The van der Waals surface area contributed by atoms with Crippen LogP contribution < -0.4 is 5.73 Å².